The maximum absolute atomic E-state index is 11.4. The van der Waals surface area contributed by atoms with Crippen molar-refractivity contribution in [2.45, 2.75) is 0 Å². The summed E-state index contributed by atoms with van der Waals surface area (Å²) in [5.74, 6) is -1.01. The van der Waals surface area contributed by atoms with Gasteiger partial charge in [-0.25, -0.2) is 4.79 Å². The van der Waals surface area contributed by atoms with Crippen molar-refractivity contribution in [1.29, 1.82) is 0 Å². The van der Waals surface area contributed by atoms with E-state index >= 15 is 0 Å². The van der Waals surface area contributed by atoms with Crippen LogP contribution in [0.1, 0.15) is 10.4 Å². The molecule has 0 spiro atoms. The Morgan fingerprint density at radius 3 is 2.38 bits per heavy atom. The predicted octanol–water partition coefficient (Wildman–Crippen LogP) is 2.90. The molecule has 0 saturated carbocycles. The highest BCUT2D eigenvalue weighted by atomic mass is 35.8. The number of halogens is 3. The summed E-state index contributed by atoms with van der Waals surface area (Å²) in [6.07, 6.45) is -3.62. The number of benzene rings is 1. The average molecular weight is 301 g/mol. The van der Waals surface area contributed by atoms with E-state index in [0.29, 0.717) is 0 Å². The van der Waals surface area contributed by atoms with Gasteiger partial charge in [0.1, 0.15) is 5.56 Å². The number of nitro groups is 1. The van der Waals surface area contributed by atoms with E-state index < -0.39 is 22.8 Å². The first kappa shape index (κ1) is 13.2. The lowest BCUT2D eigenvalue weighted by molar-refractivity contribution is -0.385. The molecule has 16 heavy (non-hydrogen) atoms. The fraction of sp³-hybridized carbons (Fsp3) is 0. The van der Waals surface area contributed by atoms with Gasteiger partial charge >= 0.3 is 12.2 Å². The SMILES string of the molecule is O=C(O[Si](Cl)(Cl)Cl)c1ccccc1[N+](=O)[O-]. The van der Waals surface area contributed by atoms with Crippen molar-refractivity contribution in [1.82, 2.24) is 0 Å². The molecule has 1 aromatic carbocycles. The van der Waals surface area contributed by atoms with Gasteiger partial charge in [0.15, 0.2) is 0 Å². The van der Waals surface area contributed by atoms with Gasteiger partial charge < -0.3 is 4.43 Å². The number of para-hydroxylation sites is 1. The summed E-state index contributed by atoms with van der Waals surface area (Å²) in [6, 6.07) is 5.26. The summed E-state index contributed by atoms with van der Waals surface area (Å²) in [6.45, 7) is 0. The van der Waals surface area contributed by atoms with Crippen molar-refractivity contribution in [3.8, 4) is 0 Å². The summed E-state index contributed by atoms with van der Waals surface area (Å²) in [5, 5.41) is 10.6. The summed E-state index contributed by atoms with van der Waals surface area (Å²) >= 11 is 16.1. The van der Waals surface area contributed by atoms with Gasteiger partial charge in [-0.15, -0.1) is 0 Å². The first-order valence-corrected chi connectivity index (χ1v) is 8.79. The van der Waals surface area contributed by atoms with Gasteiger partial charge in [-0.1, -0.05) is 45.4 Å². The van der Waals surface area contributed by atoms with Gasteiger partial charge in [0, 0.05) is 6.07 Å². The lowest BCUT2D eigenvalue weighted by Gasteiger charge is -2.09. The average Bonchev–Trinajstić information content (AvgIpc) is 2.15. The normalized spacial score (nSPS) is 10.9. The van der Waals surface area contributed by atoms with E-state index in [1.807, 2.05) is 0 Å². The summed E-state index contributed by atoms with van der Waals surface area (Å²) < 4.78 is 4.51. The number of hydrogen-bond acceptors (Lipinski definition) is 4. The zero-order valence-corrected chi connectivity index (χ0v) is 10.8. The molecule has 0 aliphatic carbocycles. The molecule has 0 aromatic heterocycles. The molecule has 0 aliphatic rings. The molecule has 0 bridgehead atoms. The number of nitro benzene ring substituents is 1. The fourth-order valence-electron chi connectivity index (χ4n) is 0.966. The molecule has 0 unspecified atom stereocenters. The molecule has 0 saturated heterocycles. The zero-order chi connectivity index (χ0) is 12.3. The topological polar surface area (TPSA) is 69.4 Å². The summed E-state index contributed by atoms with van der Waals surface area (Å²) in [4.78, 5) is 21.3. The van der Waals surface area contributed by atoms with Crippen molar-refractivity contribution in [3.05, 3.63) is 39.9 Å². The van der Waals surface area contributed by atoms with Gasteiger partial charge in [0.2, 0.25) is 0 Å². The van der Waals surface area contributed by atoms with E-state index in [1.54, 1.807) is 0 Å². The van der Waals surface area contributed by atoms with E-state index in [0.717, 1.165) is 6.07 Å². The maximum Gasteiger partial charge on any atom is 0.557 e. The quantitative estimate of drug-likeness (QED) is 0.372. The Hall–Kier alpha value is -0.823. The molecular formula is C7H4Cl3NO4Si. The van der Waals surface area contributed by atoms with Crippen molar-refractivity contribution in [2.24, 2.45) is 0 Å². The molecule has 0 heterocycles. The lowest BCUT2D eigenvalue weighted by Crippen LogP contribution is -2.22. The Morgan fingerprint density at radius 2 is 1.88 bits per heavy atom. The molecular weight excluding hydrogens is 297 g/mol. The number of rotatable bonds is 3. The Bertz CT molecular complexity index is 434. The van der Waals surface area contributed by atoms with Crippen LogP contribution in [-0.4, -0.2) is 17.1 Å². The van der Waals surface area contributed by atoms with Crippen LogP contribution in [0.5, 0.6) is 0 Å². The highest BCUT2D eigenvalue weighted by Crippen LogP contribution is 2.25. The molecule has 0 aliphatic heterocycles. The van der Waals surface area contributed by atoms with E-state index in [4.69, 9.17) is 33.2 Å². The van der Waals surface area contributed by atoms with E-state index in [1.165, 1.54) is 18.2 Å². The molecule has 86 valence electrons. The molecule has 0 fully saturated rings. The second-order valence-electron chi connectivity index (χ2n) is 2.61. The minimum Gasteiger partial charge on any atom is -0.477 e. The van der Waals surface area contributed by atoms with Gasteiger partial charge in [-0.05, 0) is 6.07 Å². The molecule has 1 rings (SSSR count). The highest BCUT2D eigenvalue weighted by molar-refractivity contribution is 7.62. The zero-order valence-electron chi connectivity index (χ0n) is 7.52. The second kappa shape index (κ2) is 5.01. The molecule has 0 radical (unpaired) electrons. The number of nitrogens with zero attached hydrogens (tertiary/aromatic N) is 1. The maximum atomic E-state index is 11.4. The second-order valence-corrected chi connectivity index (χ2v) is 10.2. The van der Waals surface area contributed by atoms with Gasteiger partial charge in [0.05, 0.1) is 4.92 Å². The number of hydrogen-bond donors (Lipinski definition) is 0. The Kier molecular flexibility index (Phi) is 4.14. The number of carbonyl (C=O) groups excluding carboxylic acids is 1. The molecule has 0 N–H and O–H groups in total. The van der Waals surface area contributed by atoms with Crippen molar-refractivity contribution in [2.75, 3.05) is 0 Å². The molecule has 5 nitrogen and oxygen atoms in total. The van der Waals surface area contributed by atoms with Gasteiger partial charge in [-0.2, -0.15) is 0 Å². The summed E-state index contributed by atoms with van der Waals surface area (Å²) in [7, 11) is 0. The van der Waals surface area contributed by atoms with E-state index in [2.05, 4.69) is 4.43 Å². The van der Waals surface area contributed by atoms with Crippen molar-refractivity contribution >= 4 is 51.1 Å². The standard InChI is InChI=1S/C7H4Cl3NO4Si/c8-16(9,10)15-7(12)5-3-1-2-4-6(5)11(13)14/h1-4H. The van der Waals surface area contributed by atoms with E-state index in [9.17, 15) is 14.9 Å². The van der Waals surface area contributed by atoms with Crippen LogP contribution in [0.3, 0.4) is 0 Å². The van der Waals surface area contributed by atoms with Crippen LogP contribution >= 0.6 is 33.2 Å². The van der Waals surface area contributed by atoms with Crippen molar-refractivity contribution < 1.29 is 14.1 Å². The minimum atomic E-state index is -3.62. The predicted molar refractivity (Wildman–Crippen MR) is 61.8 cm³/mol. The van der Waals surface area contributed by atoms with Crippen LogP contribution < -0.4 is 0 Å². The third kappa shape index (κ3) is 3.64. The fourth-order valence-corrected chi connectivity index (χ4v) is 1.92. The lowest BCUT2D eigenvalue weighted by atomic mass is 10.2. The number of carbonyl (C=O) groups is 1. The molecule has 0 amide bonds. The molecule has 0 atom stereocenters. The van der Waals surface area contributed by atoms with Gasteiger partial charge in [0.25, 0.3) is 5.69 Å². The van der Waals surface area contributed by atoms with Crippen LogP contribution in [0, 0.1) is 10.1 Å². The van der Waals surface area contributed by atoms with Crippen LogP contribution in [0.2, 0.25) is 0 Å². The van der Waals surface area contributed by atoms with Crippen LogP contribution in [-0.2, 0) is 4.43 Å². The summed E-state index contributed by atoms with van der Waals surface area (Å²) in [5.41, 5.74) is -0.637. The first-order chi connectivity index (χ1) is 7.31. The highest BCUT2D eigenvalue weighted by Gasteiger charge is 2.35. The van der Waals surface area contributed by atoms with Crippen LogP contribution in [0.4, 0.5) is 5.69 Å². The Morgan fingerprint density at radius 1 is 1.31 bits per heavy atom. The van der Waals surface area contributed by atoms with Crippen LogP contribution in [0.25, 0.3) is 0 Å². The third-order valence-electron chi connectivity index (χ3n) is 1.53. The largest absolute Gasteiger partial charge is 0.557 e. The Balaban J connectivity index is 3.04. The third-order valence-corrected chi connectivity index (χ3v) is 2.64. The minimum absolute atomic E-state index is 0.244. The molecule has 1 aromatic rings. The van der Waals surface area contributed by atoms with Crippen molar-refractivity contribution in [3.63, 3.8) is 0 Å². The van der Waals surface area contributed by atoms with Gasteiger partial charge in [-0.3, -0.25) is 10.1 Å². The van der Waals surface area contributed by atoms with E-state index in [-0.39, 0.29) is 5.56 Å². The van der Waals surface area contributed by atoms with Crippen LogP contribution in [0.15, 0.2) is 24.3 Å². The monoisotopic (exact) mass is 299 g/mol. The molecule has 9 heteroatoms. The first-order valence-electron chi connectivity index (χ1n) is 3.85. The Labute approximate surface area is 105 Å². The smallest absolute Gasteiger partial charge is 0.477 e.